The lowest BCUT2D eigenvalue weighted by Gasteiger charge is -2.56. The van der Waals surface area contributed by atoms with Gasteiger partial charge in [-0.15, -0.1) is 0 Å². The van der Waals surface area contributed by atoms with Crippen LogP contribution in [0.2, 0.25) is 0 Å². The second-order valence-electron chi connectivity index (χ2n) is 12.1. The number of aliphatic hydroxyl groups is 2. The number of rotatable bonds is 3. The molecule has 0 aromatic rings. The van der Waals surface area contributed by atoms with Crippen molar-refractivity contribution < 1.29 is 20.1 Å². The summed E-state index contributed by atoms with van der Waals surface area (Å²) < 4.78 is 0. The minimum Gasteiger partial charge on any atom is -0.478 e. The van der Waals surface area contributed by atoms with Gasteiger partial charge in [-0.1, -0.05) is 33.3 Å². The van der Waals surface area contributed by atoms with Crippen LogP contribution in [0.4, 0.5) is 0 Å². The van der Waals surface area contributed by atoms with E-state index >= 15 is 0 Å². The Bertz CT molecular complexity index is 771. The number of hydrogen-bond acceptors (Lipinski definition) is 3. The Morgan fingerprint density at radius 3 is 2.52 bits per heavy atom. The summed E-state index contributed by atoms with van der Waals surface area (Å²) in [5.41, 5.74) is 1.73. The molecule has 0 spiro atoms. The monoisotopic (exact) mass is 402 g/mol. The summed E-state index contributed by atoms with van der Waals surface area (Å²) in [6.07, 6.45) is 6.08. The van der Waals surface area contributed by atoms with Crippen LogP contribution in [0, 0.1) is 51.8 Å². The lowest BCUT2D eigenvalue weighted by atomic mass is 9.49. The first-order valence-corrected chi connectivity index (χ1v) is 11.8. The molecular weight excluding hydrogens is 364 g/mol. The first kappa shape index (κ1) is 20.1. The molecule has 29 heavy (non-hydrogen) atoms. The summed E-state index contributed by atoms with van der Waals surface area (Å²) in [5.74, 6) is 2.03. The quantitative estimate of drug-likeness (QED) is 0.659. The first-order chi connectivity index (χ1) is 13.6. The third kappa shape index (κ3) is 2.42. The van der Waals surface area contributed by atoms with E-state index in [1.165, 1.54) is 5.57 Å². The zero-order valence-corrected chi connectivity index (χ0v) is 18.4. The molecule has 0 amide bonds. The average Bonchev–Trinajstić information content (AvgIpc) is 3.04. The number of carboxylic acid groups (broad SMARTS) is 1. The van der Waals surface area contributed by atoms with Gasteiger partial charge in [-0.3, -0.25) is 0 Å². The van der Waals surface area contributed by atoms with E-state index in [1.54, 1.807) is 0 Å². The molecule has 3 N–H and O–H groups in total. The van der Waals surface area contributed by atoms with Gasteiger partial charge >= 0.3 is 5.97 Å². The number of carboxylic acids is 1. The summed E-state index contributed by atoms with van der Waals surface area (Å²) >= 11 is 0. The standard InChI is InChI=1S/C25H38O4/c1-13(2)15-9-19(27)23(3)7-8-25(12-26)10-16-14(22(28)29)5-6-17(16)24(4)11-18(24)21(25)20(15)23/h13,15,17-21,26-27H,5-12H2,1-4H3,(H,28,29). The highest BCUT2D eigenvalue weighted by atomic mass is 16.4. The number of aliphatic hydroxyl groups excluding tert-OH is 2. The summed E-state index contributed by atoms with van der Waals surface area (Å²) in [6, 6.07) is 0. The number of carbonyl (C=O) groups is 1. The molecule has 0 heterocycles. The van der Waals surface area contributed by atoms with E-state index in [9.17, 15) is 20.1 Å². The van der Waals surface area contributed by atoms with Gasteiger partial charge in [0.15, 0.2) is 0 Å². The number of hydrogen-bond donors (Lipinski definition) is 3. The van der Waals surface area contributed by atoms with Gasteiger partial charge in [-0.25, -0.2) is 4.79 Å². The summed E-state index contributed by atoms with van der Waals surface area (Å²) in [5, 5.41) is 31.8. The maximum Gasteiger partial charge on any atom is 0.331 e. The van der Waals surface area contributed by atoms with Crippen molar-refractivity contribution in [2.75, 3.05) is 6.61 Å². The van der Waals surface area contributed by atoms with Crippen molar-refractivity contribution in [1.82, 2.24) is 0 Å². The van der Waals surface area contributed by atoms with Crippen LogP contribution in [-0.4, -0.2) is 34.0 Å². The van der Waals surface area contributed by atoms with Gasteiger partial charge in [-0.05, 0) is 91.3 Å². The molecule has 0 saturated heterocycles. The normalized spacial score (nSPS) is 53.2. The minimum atomic E-state index is -0.744. The Morgan fingerprint density at radius 1 is 1.17 bits per heavy atom. The van der Waals surface area contributed by atoms with Crippen molar-refractivity contribution in [3.05, 3.63) is 11.1 Å². The van der Waals surface area contributed by atoms with Crippen molar-refractivity contribution in [1.29, 1.82) is 0 Å². The zero-order chi connectivity index (χ0) is 20.9. The Morgan fingerprint density at radius 2 is 1.90 bits per heavy atom. The van der Waals surface area contributed by atoms with E-state index in [-0.39, 0.29) is 29.0 Å². The summed E-state index contributed by atoms with van der Waals surface area (Å²) in [4.78, 5) is 12.0. The number of aliphatic carboxylic acids is 1. The van der Waals surface area contributed by atoms with Crippen LogP contribution < -0.4 is 0 Å². The van der Waals surface area contributed by atoms with Gasteiger partial charge in [0.05, 0.1) is 6.10 Å². The highest BCUT2D eigenvalue weighted by molar-refractivity contribution is 5.88. The van der Waals surface area contributed by atoms with E-state index < -0.39 is 5.97 Å². The van der Waals surface area contributed by atoms with Crippen LogP contribution in [0.25, 0.3) is 0 Å². The molecule has 0 aliphatic heterocycles. The largest absolute Gasteiger partial charge is 0.478 e. The van der Waals surface area contributed by atoms with Crippen LogP contribution in [-0.2, 0) is 4.79 Å². The maximum atomic E-state index is 12.0. The average molecular weight is 403 g/mol. The van der Waals surface area contributed by atoms with Gasteiger partial charge in [0.2, 0.25) is 0 Å². The minimum absolute atomic E-state index is 0.0643. The molecule has 4 heteroatoms. The van der Waals surface area contributed by atoms with Crippen LogP contribution in [0.15, 0.2) is 11.1 Å². The molecule has 9 atom stereocenters. The van der Waals surface area contributed by atoms with Crippen molar-refractivity contribution in [2.24, 2.45) is 51.8 Å². The first-order valence-electron chi connectivity index (χ1n) is 11.8. The van der Waals surface area contributed by atoms with E-state index in [4.69, 9.17) is 0 Å². The second-order valence-corrected chi connectivity index (χ2v) is 12.1. The third-order valence-corrected chi connectivity index (χ3v) is 10.8. The predicted octanol–water partition coefficient (Wildman–Crippen LogP) is 4.26. The Hall–Kier alpha value is -0.870. The fourth-order valence-electron chi connectivity index (χ4n) is 9.04. The Balaban J connectivity index is 1.66. The van der Waals surface area contributed by atoms with Crippen molar-refractivity contribution in [2.45, 2.75) is 78.7 Å². The second kappa shape index (κ2) is 6.09. The van der Waals surface area contributed by atoms with Crippen LogP contribution in [0.1, 0.15) is 72.6 Å². The molecule has 0 radical (unpaired) electrons. The third-order valence-electron chi connectivity index (χ3n) is 10.8. The van der Waals surface area contributed by atoms with Crippen molar-refractivity contribution in [3.63, 3.8) is 0 Å². The van der Waals surface area contributed by atoms with Crippen LogP contribution >= 0.6 is 0 Å². The van der Waals surface area contributed by atoms with E-state index in [1.807, 2.05) is 0 Å². The Kier molecular flexibility index (Phi) is 4.22. The zero-order valence-electron chi connectivity index (χ0n) is 18.4. The van der Waals surface area contributed by atoms with Crippen LogP contribution in [0.5, 0.6) is 0 Å². The number of fused-ring (bicyclic) bond motifs is 7. The molecule has 0 aromatic carbocycles. The smallest absolute Gasteiger partial charge is 0.331 e. The molecule has 4 fully saturated rings. The molecule has 0 bridgehead atoms. The maximum absolute atomic E-state index is 12.0. The van der Waals surface area contributed by atoms with E-state index in [2.05, 4.69) is 27.7 Å². The highest BCUT2D eigenvalue weighted by Gasteiger charge is 2.72. The fraction of sp³-hybridized carbons (Fsp3) is 0.880. The molecule has 162 valence electrons. The predicted molar refractivity (Wildman–Crippen MR) is 111 cm³/mol. The molecule has 4 saturated carbocycles. The molecule has 5 aliphatic rings. The van der Waals surface area contributed by atoms with Gasteiger partial charge in [0, 0.05) is 17.6 Å². The topological polar surface area (TPSA) is 77.8 Å². The van der Waals surface area contributed by atoms with E-state index in [0.29, 0.717) is 47.5 Å². The van der Waals surface area contributed by atoms with Crippen molar-refractivity contribution in [3.8, 4) is 0 Å². The summed E-state index contributed by atoms with van der Waals surface area (Å²) in [7, 11) is 0. The Labute approximate surface area is 174 Å². The van der Waals surface area contributed by atoms with Crippen molar-refractivity contribution >= 4 is 5.97 Å². The lowest BCUT2D eigenvalue weighted by molar-refractivity contribution is -0.132. The SMILES string of the molecule is CC(C)C1CC(O)C2(C)CCC3(CO)CC4=C(C(=O)O)CCC4C4(C)CC4C3C12. The molecule has 9 unspecified atom stereocenters. The van der Waals surface area contributed by atoms with E-state index in [0.717, 1.165) is 38.5 Å². The van der Waals surface area contributed by atoms with Gasteiger partial charge in [0.1, 0.15) is 0 Å². The molecule has 5 rings (SSSR count). The molecule has 4 nitrogen and oxygen atoms in total. The van der Waals surface area contributed by atoms with Crippen LogP contribution in [0.3, 0.4) is 0 Å². The van der Waals surface area contributed by atoms with Gasteiger partial charge in [-0.2, -0.15) is 0 Å². The highest BCUT2D eigenvalue weighted by Crippen LogP contribution is 2.77. The molecular formula is C25H38O4. The summed E-state index contributed by atoms with van der Waals surface area (Å²) in [6.45, 7) is 9.43. The molecule has 5 aliphatic carbocycles. The number of allylic oxidation sites excluding steroid dienone is 1. The van der Waals surface area contributed by atoms with Gasteiger partial charge in [0.25, 0.3) is 0 Å². The van der Waals surface area contributed by atoms with Gasteiger partial charge < -0.3 is 15.3 Å². The lowest BCUT2D eigenvalue weighted by Crippen LogP contribution is -2.53. The fourth-order valence-corrected chi connectivity index (χ4v) is 9.04. The molecule has 0 aromatic heterocycles.